The number of alkyl halides is 1. The van der Waals surface area contributed by atoms with Crippen LogP contribution in [0, 0.1) is 0 Å². The number of hydrogen-bond acceptors (Lipinski definition) is 3. The smallest absolute Gasteiger partial charge is 0.337 e. The molecule has 0 unspecified atom stereocenters. The summed E-state index contributed by atoms with van der Waals surface area (Å²) >= 11 is 3.40. The minimum absolute atomic E-state index is 0.293. The minimum Gasteiger partial charge on any atom is -0.490 e. The lowest BCUT2D eigenvalue weighted by Gasteiger charge is -2.14. The summed E-state index contributed by atoms with van der Waals surface area (Å²) in [6, 6.07) is 5.55. The maximum absolute atomic E-state index is 11.6. The van der Waals surface area contributed by atoms with Gasteiger partial charge < -0.3 is 9.47 Å². The van der Waals surface area contributed by atoms with E-state index in [9.17, 15) is 4.79 Å². The van der Waals surface area contributed by atoms with Crippen molar-refractivity contribution in [2.45, 2.75) is 37.1 Å². The zero-order valence-electron chi connectivity index (χ0n) is 10.4. The van der Waals surface area contributed by atoms with E-state index in [1.165, 1.54) is 20.0 Å². The number of carbonyl (C=O) groups is 1. The zero-order chi connectivity index (χ0) is 13.0. The van der Waals surface area contributed by atoms with E-state index in [2.05, 4.69) is 15.9 Å². The third-order valence-corrected chi connectivity index (χ3v) is 3.79. The first-order chi connectivity index (χ1) is 8.72. The van der Waals surface area contributed by atoms with Gasteiger partial charge in [-0.05, 0) is 49.4 Å². The molecule has 0 spiro atoms. The fourth-order valence-corrected chi connectivity index (χ4v) is 2.56. The fourth-order valence-electron chi connectivity index (χ4n) is 2.24. The van der Waals surface area contributed by atoms with Gasteiger partial charge in [-0.1, -0.05) is 15.9 Å². The molecule has 1 saturated carbocycles. The molecule has 0 aliphatic heterocycles. The van der Waals surface area contributed by atoms with Crippen LogP contribution < -0.4 is 4.74 Å². The molecule has 1 aliphatic rings. The van der Waals surface area contributed by atoms with Gasteiger partial charge in [0.2, 0.25) is 0 Å². The van der Waals surface area contributed by atoms with Crippen LogP contribution in [0.25, 0.3) is 0 Å². The normalized spacial score (nSPS) is 15.7. The van der Waals surface area contributed by atoms with Crippen LogP contribution in [-0.2, 0) is 10.1 Å². The Morgan fingerprint density at radius 2 is 2.06 bits per heavy atom. The Bertz CT molecular complexity index is 425. The second-order valence-corrected chi connectivity index (χ2v) is 5.08. The molecule has 1 fully saturated rings. The number of benzene rings is 1. The van der Waals surface area contributed by atoms with Gasteiger partial charge in [-0.15, -0.1) is 0 Å². The average Bonchev–Trinajstić information content (AvgIpc) is 2.90. The van der Waals surface area contributed by atoms with Crippen molar-refractivity contribution in [3.05, 3.63) is 29.3 Å². The van der Waals surface area contributed by atoms with Gasteiger partial charge in [0.1, 0.15) is 5.75 Å². The molecule has 0 amide bonds. The number of esters is 1. The van der Waals surface area contributed by atoms with Crippen LogP contribution in [0.2, 0.25) is 0 Å². The number of halogens is 1. The second-order valence-electron chi connectivity index (χ2n) is 4.52. The van der Waals surface area contributed by atoms with Crippen molar-refractivity contribution in [1.82, 2.24) is 0 Å². The van der Waals surface area contributed by atoms with Gasteiger partial charge >= 0.3 is 5.97 Å². The van der Waals surface area contributed by atoms with Crippen molar-refractivity contribution >= 4 is 21.9 Å². The van der Waals surface area contributed by atoms with Gasteiger partial charge in [0.25, 0.3) is 0 Å². The molecule has 4 heteroatoms. The van der Waals surface area contributed by atoms with Crippen LogP contribution in [0.5, 0.6) is 5.75 Å². The van der Waals surface area contributed by atoms with E-state index in [1.54, 1.807) is 6.07 Å². The molecule has 0 aromatic heterocycles. The van der Waals surface area contributed by atoms with Gasteiger partial charge in [-0.25, -0.2) is 4.79 Å². The Kier molecular flexibility index (Phi) is 4.64. The van der Waals surface area contributed by atoms with E-state index >= 15 is 0 Å². The summed E-state index contributed by atoms with van der Waals surface area (Å²) in [5, 5.41) is 0.693. The van der Waals surface area contributed by atoms with Gasteiger partial charge in [-0.2, -0.15) is 0 Å². The standard InChI is InChI=1S/C14H17BrO3/c1-17-14(16)11-6-10(9-15)7-13(8-11)18-12-4-2-3-5-12/h6-8,12H,2-5,9H2,1H3. The number of methoxy groups -OCH3 is 1. The van der Waals surface area contributed by atoms with Crippen LogP contribution in [-0.4, -0.2) is 19.2 Å². The van der Waals surface area contributed by atoms with Crippen molar-refractivity contribution in [3.8, 4) is 5.75 Å². The van der Waals surface area contributed by atoms with E-state index in [1.807, 2.05) is 12.1 Å². The molecule has 0 saturated heterocycles. The topological polar surface area (TPSA) is 35.5 Å². The highest BCUT2D eigenvalue weighted by molar-refractivity contribution is 9.08. The molecule has 0 atom stereocenters. The van der Waals surface area contributed by atoms with Crippen molar-refractivity contribution in [2.24, 2.45) is 0 Å². The predicted octanol–water partition coefficient (Wildman–Crippen LogP) is 3.69. The molecule has 1 aliphatic carbocycles. The summed E-state index contributed by atoms with van der Waals surface area (Å²) in [5.74, 6) is 0.438. The fraction of sp³-hybridized carbons (Fsp3) is 0.500. The van der Waals surface area contributed by atoms with E-state index in [0.717, 1.165) is 24.2 Å². The molecule has 0 bridgehead atoms. The highest BCUT2D eigenvalue weighted by Gasteiger charge is 2.17. The predicted molar refractivity (Wildman–Crippen MR) is 73.3 cm³/mol. The Balaban J connectivity index is 2.19. The largest absolute Gasteiger partial charge is 0.490 e. The first-order valence-corrected chi connectivity index (χ1v) is 7.30. The Labute approximate surface area is 116 Å². The van der Waals surface area contributed by atoms with E-state index in [-0.39, 0.29) is 5.97 Å². The van der Waals surface area contributed by atoms with Crippen LogP contribution in [0.3, 0.4) is 0 Å². The number of ether oxygens (including phenoxy) is 2. The number of rotatable bonds is 4. The lowest BCUT2D eigenvalue weighted by molar-refractivity contribution is 0.0599. The highest BCUT2D eigenvalue weighted by Crippen LogP contribution is 2.26. The maximum atomic E-state index is 11.6. The zero-order valence-corrected chi connectivity index (χ0v) is 12.0. The van der Waals surface area contributed by atoms with Crippen LogP contribution in [0.1, 0.15) is 41.6 Å². The van der Waals surface area contributed by atoms with Crippen LogP contribution in [0.15, 0.2) is 18.2 Å². The summed E-state index contributed by atoms with van der Waals surface area (Å²) < 4.78 is 10.7. The number of hydrogen-bond donors (Lipinski definition) is 0. The summed E-state index contributed by atoms with van der Waals surface area (Å²) in [6.07, 6.45) is 4.96. The Hall–Kier alpha value is -1.03. The third kappa shape index (κ3) is 3.25. The van der Waals surface area contributed by atoms with Crippen LogP contribution in [0.4, 0.5) is 0 Å². The van der Waals surface area contributed by atoms with Crippen molar-refractivity contribution in [1.29, 1.82) is 0 Å². The first-order valence-electron chi connectivity index (χ1n) is 6.18. The number of carbonyl (C=O) groups excluding carboxylic acids is 1. The molecule has 0 radical (unpaired) electrons. The van der Waals surface area contributed by atoms with E-state index in [4.69, 9.17) is 9.47 Å². The van der Waals surface area contributed by atoms with Gasteiger partial charge in [-0.3, -0.25) is 0 Å². The maximum Gasteiger partial charge on any atom is 0.337 e. The van der Waals surface area contributed by atoms with Gasteiger partial charge in [0.05, 0.1) is 18.8 Å². The summed E-state index contributed by atoms with van der Waals surface area (Å²) in [4.78, 5) is 11.6. The lowest BCUT2D eigenvalue weighted by Crippen LogP contribution is -2.12. The molecular weight excluding hydrogens is 296 g/mol. The quantitative estimate of drug-likeness (QED) is 0.628. The minimum atomic E-state index is -0.325. The van der Waals surface area contributed by atoms with Crippen molar-refractivity contribution < 1.29 is 14.3 Å². The van der Waals surface area contributed by atoms with Crippen molar-refractivity contribution in [3.63, 3.8) is 0 Å². The summed E-state index contributed by atoms with van der Waals surface area (Å²) in [7, 11) is 1.39. The van der Waals surface area contributed by atoms with Gasteiger partial charge in [0, 0.05) is 5.33 Å². The van der Waals surface area contributed by atoms with Gasteiger partial charge in [0.15, 0.2) is 0 Å². The van der Waals surface area contributed by atoms with E-state index < -0.39 is 0 Å². The van der Waals surface area contributed by atoms with Crippen LogP contribution >= 0.6 is 15.9 Å². The molecule has 1 aromatic carbocycles. The van der Waals surface area contributed by atoms with Crippen molar-refractivity contribution in [2.75, 3.05) is 7.11 Å². The molecule has 0 heterocycles. The first kappa shape index (κ1) is 13.4. The molecule has 18 heavy (non-hydrogen) atoms. The van der Waals surface area contributed by atoms with E-state index in [0.29, 0.717) is 17.0 Å². The average molecular weight is 313 g/mol. The summed E-state index contributed by atoms with van der Waals surface area (Å²) in [5.41, 5.74) is 1.56. The second kappa shape index (κ2) is 6.23. The monoisotopic (exact) mass is 312 g/mol. The lowest BCUT2D eigenvalue weighted by atomic mass is 10.1. The SMILES string of the molecule is COC(=O)c1cc(CBr)cc(OC2CCCC2)c1. The molecule has 1 aromatic rings. The molecule has 0 N–H and O–H groups in total. The molecular formula is C14H17BrO3. The Morgan fingerprint density at radius 1 is 1.33 bits per heavy atom. The Morgan fingerprint density at radius 3 is 2.67 bits per heavy atom. The third-order valence-electron chi connectivity index (χ3n) is 3.15. The molecule has 2 rings (SSSR count). The highest BCUT2D eigenvalue weighted by atomic mass is 79.9. The molecule has 3 nitrogen and oxygen atoms in total. The molecule has 98 valence electrons. The summed E-state index contributed by atoms with van der Waals surface area (Å²) in [6.45, 7) is 0.